The standard InChI is InChI=1S/C12H18BrN3/c1-8-10(13)5-6-12(15-8)16-11-4-2-3-9(11)7-14/h5-6,9,11H,2-4,7,14H2,1H3,(H,15,16). The van der Waals surface area contributed by atoms with Crippen molar-refractivity contribution < 1.29 is 0 Å². The number of halogens is 1. The SMILES string of the molecule is Cc1nc(NC2CCCC2CN)ccc1Br. The smallest absolute Gasteiger partial charge is 0.126 e. The minimum absolute atomic E-state index is 0.498. The number of aryl methyl sites for hydroxylation is 1. The Kier molecular flexibility index (Phi) is 3.82. The summed E-state index contributed by atoms with van der Waals surface area (Å²) in [5.74, 6) is 1.57. The summed E-state index contributed by atoms with van der Waals surface area (Å²) < 4.78 is 1.06. The van der Waals surface area contributed by atoms with E-state index in [1.807, 2.05) is 19.1 Å². The topological polar surface area (TPSA) is 50.9 Å². The quantitative estimate of drug-likeness (QED) is 0.897. The van der Waals surface area contributed by atoms with E-state index >= 15 is 0 Å². The minimum Gasteiger partial charge on any atom is -0.367 e. The zero-order valence-electron chi connectivity index (χ0n) is 9.54. The van der Waals surface area contributed by atoms with E-state index in [0.717, 1.165) is 22.5 Å². The molecule has 0 amide bonds. The van der Waals surface area contributed by atoms with E-state index in [2.05, 4.69) is 26.2 Å². The van der Waals surface area contributed by atoms with Crippen LogP contribution in [0.2, 0.25) is 0 Å². The second kappa shape index (κ2) is 5.15. The van der Waals surface area contributed by atoms with Gasteiger partial charge >= 0.3 is 0 Å². The van der Waals surface area contributed by atoms with E-state index in [1.54, 1.807) is 0 Å². The van der Waals surface area contributed by atoms with Gasteiger partial charge in [-0.15, -0.1) is 0 Å². The third-order valence-corrected chi connectivity index (χ3v) is 4.15. The number of nitrogens with two attached hydrogens (primary N) is 1. The zero-order chi connectivity index (χ0) is 11.5. The van der Waals surface area contributed by atoms with Crippen LogP contribution in [0.3, 0.4) is 0 Å². The number of nitrogens with one attached hydrogen (secondary N) is 1. The first-order chi connectivity index (χ1) is 7.70. The summed E-state index contributed by atoms with van der Waals surface area (Å²) in [7, 11) is 0. The van der Waals surface area contributed by atoms with Crippen LogP contribution in [-0.2, 0) is 0 Å². The lowest BCUT2D eigenvalue weighted by Gasteiger charge is -2.20. The highest BCUT2D eigenvalue weighted by molar-refractivity contribution is 9.10. The molecular weight excluding hydrogens is 266 g/mol. The zero-order valence-corrected chi connectivity index (χ0v) is 11.1. The van der Waals surface area contributed by atoms with Gasteiger partial charge in [0.05, 0.1) is 5.69 Å². The lowest BCUT2D eigenvalue weighted by molar-refractivity contribution is 0.515. The number of aromatic nitrogens is 1. The van der Waals surface area contributed by atoms with E-state index in [1.165, 1.54) is 19.3 Å². The molecule has 0 bridgehead atoms. The molecule has 0 aromatic carbocycles. The average molecular weight is 284 g/mol. The Bertz CT molecular complexity index is 367. The van der Waals surface area contributed by atoms with Crippen molar-refractivity contribution in [1.82, 2.24) is 4.98 Å². The minimum atomic E-state index is 0.498. The molecule has 3 N–H and O–H groups in total. The molecule has 1 aromatic rings. The highest BCUT2D eigenvalue weighted by Crippen LogP contribution is 2.27. The molecule has 1 aliphatic rings. The Morgan fingerprint density at radius 2 is 2.31 bits per heavy atom. The number of rotatable bonds is 3. The van der Waals surface area contributed by atoms with Crippen LogP contribution < -0.4 is 11.1 Å². The van der Waals surface area contributed by atoms with Crippen molar-refractivity contribution in [2.45, 2.75) is 32.2 Å². The fraction of sp³-hybridized carbons (Fsp3) is 0.583. The van der Waals surface area contributed by atoms with Crippen molar-refractivity contribution in [3.05, 3.63) is 22.3 Å². The summed E-state index contributed by atoms with van der Waals surface area (Å²) in [6, 6.07) is 4.55. The fourth-order valence-corrected chi connectivity index (χ4v) is 2.54. The van der Waals surface area contributed by atoms with E-state index in [-0.39, 0.29) is 0 Å². The van der Waals surface area contributed by atoms with Crippen LogP contribution in [-0.4, -0.2) is 17.6 Å². The molecule has 16 heavy (non-hydrogen) atoms. The average Bonchev–Trinajstić information content (AvgIpc) is 2.71. The number of nitrogens with zero attached hydrogens (tertiary/aromatic N) is 1. The molecule has 1 fully saturated rings. The molecular formula is C12H18BrN3. The molecule has 2 rings (SSSR count). The molecule has 0 spiro atoms. The first-order valence-electron chi connectivity index (χ1n) is 5.80. The van der Waals surface area contributed by atoms with Gasteiger partial charge in [0.15, 0.2) is 0 Å². The second-order valence-corrected chi connectivity index (χ2v) is 5.30. The van der Waals surface area contributed by atoms with Gasteiger partial charge in [0.2, 0.25) is 0 Å². The largest absolute Gasteiger partial charge is 0.367 e. The van der Waals surface area contributed by atoms with Gasteiger partial charge in [-0.1, -0.05) is 6.42 Å². The van der Waals surface area contributed by atoms with E-state index in [9.17, 15) is 0 Å². The summed E-state index contributed by atoms with van der Waals surface area (Å²) in [5.41, 5.74) is 6.78. The molecule has 88 valence electrons. The van der Waals surface area contributed by atoms with Gasteiger partial charge in [0, 0.05) is 10.5 Å². The number of pyridine rings is 1. The predicted molar refractivity (Wildman–Crippen MR) is 70.5 cm³/mol. The molecule has 0 radical (unpaired) electrons. The maximum absolute atomic E-state index is 5.76. The maximum Gasteiger partial charge on any atom is 0.126 e. The molecule has 0 aliphatic heterocycles. The third-order valence-electron chi connectivity index (χ3n) is 3.32. The number of hydrogen-bond acceptors (Lipinski definition) is 3. The van der Waals surface area contributed by atoms with Gasteiger partial charge in [-0.05, 0) is 60.3 Å². The van der Waals surface area contributed by atoms with Crippen molar-refractivity contribution >= 4 is 21.7 Å². The molecule has 1 heterocycles. The number of hydrogen-bond donors (Lipinski definition) is 2. The summed E-state index contributed by atoms with van der Waals surface area (Å²) in [4.78, 5) is 4.51. The van der Waals surface area contributed by atoms with Crippen molar-refractivity contribution in [3.8, 4) is 0 Å². The lowest BCUT2D eigenvalue weighted by Crippen LogP contribution is -2.29. The molecule has 0 saturated heterocycles. The Hall–Kier alpha value is -0.610. The molecule has 2 unspecified atom stereocenters. The number of anilines is 1. The highest BCUT2D eigenvalue weighted by Gasteiger charge is 2.25. The van der Waals surface area contributed by atoms with E-state index in [0.29, 0.717) is 12.0 Å². The van der Waals surface area contributed by atoms with Crippen molar-refractivity contribution in [1.29, 1.82) is 0 Å². The molecule has 3 nitrogen and oxygen atoms in total. The second-order valence-electron chi connectivity index (χ2n) is 4.44. The van der Waals surface area contributed by atoms with E-state index in [4.69, 9.17) is 5.73 Å². The maximum atomic E-state index is 5.76. The van der Waals surface area contributed by atoms with Gasteiger partial charge in [-0.2, -0.15) is 0 Å². The van der Waals surface area contributed by atoms with Gasteiger partial charge < -0.3 is 11.1 Å². The van der Waals surface area contributed by atoms with Gasteiger partial charge in [0.25, 0.3) is 0 Å². The Morgan fingerprint density at radius 1 is 1.50 bits per heavy atom. The van der Waals surface area contributed by atoms with E-state index < -0.39 is 0 Å². The first-order valence-corrected chi connectivity index (χ1v) is 6.59. The monoisotopic (exact) mass is 283 g/mol. The predicted octanol–water partition coefficient (Wildman–Crippen LogP) is 2.69. The molecule has 1 aromatic heterocycles. The first kappa shape index (κ1) is 11.9. The Balaban J connectivity index is 2.05. The van der Waals surface area contributed by atoms with Crippen LogP contribution in [0.1, 0.15) is 25.0 Å². The molecule has 4 heteroatoms. The molecule has 2 atom stereocenters. The fourth-order valence-electron chi connectivity index (χ4n) is 2.32. The van der Waals surface area contributed by atoms with Crippen molar-refractivity contribution in [2.75, 3.05) is 11.9 Å². The Labute approximate surface area is 105 Å². The summed E-state index contributed by atoms with van der Waals surface area (Å²) >= 11 is 3.46. The molecule has 1 aliphatic carbocycles. The van der Waals surface area contributed by atoms with Crippen LogP contribution in [0.4, 0.5) is 5.82 Å². The Morgan fingerprint density at radius 3 is 3.00 bits per heavy atom. The summed E-state index contributed by atoms with van der Waals surface area (Å²) in [5, 5.41) is 3.50. The third kappa shape index (κ3) is 2.55. The van der Waals surface area contributed by atoms with Gasteiger partial charge in [0.1, 0.15) is 5.82 Å². The van der Waals surface area contributed by atoms with Gasteiger partial charge in [-0.25, -0.2) is 4.98 Å². The van der Waals surface area contributed by atoms with Gasteiger partial charge in [-0.3, -0.25) is 0 Å². The van der Waals surface area contributed by atoms with Crippen LogP contribution in [0.25, 0.3) is 0 Å². The van der Waals surface area contributed by atoms with Crippen LogP contribution in [0.15, 0.2) is 16.6 Å². The summed E-state index contributed by atoms with van der Waals surface area (Å²) in [6.45, 7) is 2.78. The van der Waals surface area contributed by atoms with Crippen LogP contribution >= 0.6 is 15.9 Å². The van der Waals surface area contributed by atoms with Crippen molar-refractivity contribution in [3.63, 3.8) is 0 Å². The lowest BCUT2D eigenvalue weighted by atomic mass is 10.0. The van der Waals surface area contributed by atoms with Crippen LogP contribution in [0, 0.1) is 12.8 Å². The highest BCUT2D eigenvalue weighted by atomic mass is 79.9. The summed E-state index contributed by atoms with van der Waals surface area (Å²) in [6.07, 6.45) is 3.72. The van der Waals surface area contributed by atoms with Crippen LogP contribution in [0.5, 0.6) is 0 Å². The molecule has 1 saturated carbocycles. The normalized spacial score (nSPS) is 24.7. The van der Waals surface area contributed by atoms with Crippen molar-refractivity contribution in [2.24, 2.45) is 11.7 Å².